The van der Waals surface area contributed by atoms with Crippen molar-refractivity contribution in [1.82, 2.24) is 0 Å². The van der Waals surface area contributed by atoms with Crippen LogP contribution in [0, 0.1) is 6.92 Å². The van der Waals surface area contributed by atoms with Gasteiger partial charge in [0.15, 0.2) is 0 Å². The van der Waals surface area contributed by atoms with Gasteiger partial charge in [0.25, 0.3) is 0 Å². The van der Waals surface area contributed by atoms with Gasteiger partial charge in [-0.05, 0) is 102 Å². The van der Waals surface area contributed by atoms with Crippen molar-refractivity contribution in [2.45, 2.75) is 46.5 Å². The molecule has 0 spiro atoms. The molecule has 0 heterocycles. The van der Waals surface area contributed by atoms with Gasteiger partial charge < -0.3 is 0 Å². The highest BCUT2D eigenvalue weighted by atomic mass is 14.3. The fraction of sp³-hybridized carbons (Fsp3) is 0.152. The molecule has 224 valence electrons. The topological polar surface area (TPSA) is 0 Å². The second kappa shape index (κ2) is 12.3. The summed E-state index contributed by atoms with van der Waals surface area (Å²) >= 11 is 0. The van der Waals surface area contributed by atoms with Gasteiger partial charge in [-0.3, -0.25) is 0 Å². The van der Waals surface area contributed by atoms with E-state index < -0.39 is 0 Å². The van der Waals surface area contributed by atoms with Crippen LogP contribution in [-0.4, -0.2) is 0 Å². The molecule has 0 saturated heterocycles. The van der Waals surface area contributed by atoms with Gasteiger partial charge in [0.05, 0.1) is 0 Å². The normalized spacial score (nSPS) is 15.0. The summed E-state index contributed by atoms with van der Waals surface area (Å²) < 4.78 is 0. The molecule has 8 rings (SSSR count). The van der Waals surface area contributed by atoms with Gasteiger partial charge in [-0.1, -0.05) is 149 Å². The van der Waals surface area contributed by atoms with E-state index in [1.165, 1.54) is 95.2 Å². The lowest BCUT2D eigenvalue weighted by Gasteiger charge is -2.22. The zero-order valence-electron chi connectivity index (χ0n) is 27.3. The monoisotopic (exact) mass is 592 g/mol. The molecule has 0 nitrogen and oxygen atoms in total. The Morgan fingerprint density at radius 2 is 1.46 bits per heavy atom. The molecule has 2 bridgehead atoms. The van der Waals surface area contributed by atoms with Gasteiger partial charge in [-0.25, -0.2) is 0 Å². The lowest BCUT2D eigenvalue weighted by atomic mass is 9.81. The number of hydrogen-bond acceptors (Lipinski definition) is 0. The van der Waals surface area contributed by atoms with Crippen molar-refractivity contribution in [3.8, 4) is 11.1 Å². The van der Waals surface area contributed by atoms with Crippen molar-refractivity contribution >= 4 is 49.5 Å². The second-order valence-corrected chi connectivity index (χ2v) is 12.5. The van der Waals surface area contributed by atoms with Crippen molar-refractivity contribution in [2.24, 2.45) is 0 Å². The van der Waals surface area contributed by atoms with Crippen LogP contribution >= 0.6 is 0 Å². The van der Waals surface area contributed by atoms with E-state index in [-0.39, 0.29) is 5.92 Å². The molecule has 0 heteroatoms. The molecule has 0 amide bonds. The predicted molar refractivity (Wildman–Crippen MR) is 202 cm³/mol. The smallest absolute Gasteiger partial charge is 0.0243 e. The first-order chi connectivity index (χ1) is 22.5. The number of unbranched alkanes of at least 4 members (excludes halogenated alkanes) is 1. The molecule has 0 fully saturated rings. The lowest BCUT2D eigenvalue weighted by molar-refractivity contribution is 0.886. The fourth-order valence-electron chi connectivity index (χ4n) is 7.01. The zero-order chi connectivity index (χ0) is 31.8. The first-order valence-corrected chi connectivity index (χ1v) is 16.6. The van der Waals surface area contributed by atoms with Crippen LogP contribution in [0.4, 0.5) is 0 Å². The maximum Gasteiger partial charge on any atom is 0.0243 e. The van der Waals surface area contributed by atoms with E-state index in [1.807, 2.05) is 6.08 Å². The highest BCUT2D eigenvalue weighted by Crippen LogP contribution is 2.43. The number of fused-ring (bicyclic) bond motifs is 6. The summed E-state index contributed by atoms with van der Waals surface area (Å²) in [6.45, 7) is 13.0. The van der Waals surface area contributed by atoms with Gasteiger partial charge in [0.2, 0.25) is 0 Å². The molecule has 1 unspecified atom stereocenters. The van der Waals surface area contributed by atoms with Crippen molar-refractivity contribution in [2.75, 3.05) is 0 Å². The third-order valence-corrected chi connectivity index (χ3v) is 9.69. The van der Waals surface area contributed by atoms with Crippen LogP contribution in [0.3, 0.4) is 0 Å². The van der Waals surface area contributed by atoms with Crippen LogP contribution in [0.1, 0.15) is 67.3 Å². The molecule has 46 heavy (non-hydrogen) atoms. The van der Waals surface area contributed by atoms with E-state index >= 15 is 0 Å². The molecule has 1 atom stereocenters. The average molecular weight is 593 g/mol. The minimum absolute atomic E-state index is 0.232. The van der Waals surface area contributed by atoms with E-state index in [4.69, 9.17) is 0 Å². The van der Waals surface area contributed by atoms with Gasteiger partial charge in [-0.2, -0.15) is 0 Å². The summed E-state index contributed by atoms with van der Waals surface area (Å²) in [5, 5.41) is 7.69. The molecule has 0 aliphatic heterocycles. The van der Waals surface area contributed by atoms with E-state index in [0.717, 1.165) is 5.57 Å². The van der Waals surface area contributed by atoms with Crippen molar-refractivity contribution in [3.63, 3.8) is 0 Å². The standard InChI is InChI=1S/C42H30.C4H10/c1-4-28-17-20-37(39-22-18-30-12-7-9-26(2)41(30)42(28)39)33-19-21-38-32-16-15-31(23-34(24-32)27(3)40(38)25-33)36-14-8-11-29-10-5-6-13-35(29)36;1-3-4-2/h4-23,25,27H,1H2,2-3H3;3-4H2,1-2H3. The third-order valence-electron chi connectivity index (χ3n) is 9.69. The zero-order valence-corrected chi connectivity index (χ0v) is 27.3. The summed E-state index contributed by atoms with van der Waals surface area (Å²) in [7, 11) is 0. The SMILES string of the molecule is C=Cc1ccc(-c2ccc3c(c2)C(C)C2=C=C3C=CC(c3cccc4ccccc34)=C2)c2ccc3cccc(C)c3c12.CCCC. The summed E-state index contributed by atoms with van der Waals surface area (Å²) in [5.74, 6) is 0.232. The molecule has 0 aromatic heterocycles. The van der Waals surface area contributed by atoms with E-state index in [9.17, 15) is 0 Å². The highest BCUT2D eigenvalue weighted by Gasteiger charge is 2.23. The Balaban J connectivity index is 0.000000801. The van der Waals surface area contributed by atoms with Gasteiger partial charge in [0, 0.05) is 17.1 Å². The summed E-state index contributed by atoms with van der Waals surface area (Å²) in [6.07, 6.45) is 11.5. The number of hydrogen-bond donors (Lipinski definition) is 0. The Bertz CT molecular complexity index is 2290. The van der Waals surface area contributed by atoms with Gasteiger partial charge in [0.1, 0.15) is 0 Å². The van der Waals surface area contributed by atoms with E-state index in [1.54, 1.807) is 0 Å². The largest absolute Gasteiger partial charge is 0.108 e. The van der Waals surface area contributed by atoms with Crippen LogP contribution in [0.2, 0.25) is 0 Å². The molecule has 6 aromatic carbocycles. The molecule has 2 aliphatic carbocycles. The molecular weight excluding hydrogens is 553 g/mol. The van der Waals surface area contributed by atoms with Crippen LogP contribution in [0.15, 0.2) is 139 Å². The third kappa shape index (κ3) is 5.06. The number of allylic oxidation sites excluding steroid dienone is 5. The Morgan fingerprint density at radius 1 is 0.696 bits per heavy atom. The van der Waals surface area contributed by atoms with Crippen molar-refractivity contribution < 1.29 is 0 Å². The molecule has 6 aromatic rings. The first-order valence-electron chi connectivity index (χ1n) is 16.6. The van der Waals surface area contributed by atoms with Crippen molar-refractivity contribution in [1.29, 1.82) is 0 Å². The maximum atomic E-state index is 4.15. The second-order valence-electron chi connectivity index (χ2n) is 12.5. The average Bonchev–Trinajstić information content (AvgIpc) is 3.31. The molecule has 0 saturated carbocycles. The molecule has 2 aliphatic rings. The summed E-state index contributed by atoms with van der Waals surface area (Å²) in [5.41, 5.74) is 16.2. The van der Waals surface area contributed by atoms with Crippen molar-refractivity contribution in [3.05, 3.63) is 167 Å². The van der Waals surface area contributed by atoms with E-state index in [2.05, 4.69) is 161 Å². The quantitative estimate of drug-likeness (QED) is 0.141. The van der Waals surface area contributed by atoms with Crippen LogP contribution in [0.25, 0.3) is 60.7 Å². The van der Waals surface area contributed by atoms with Gasteiger partial charge in [-0.15, -0.1) is 5.73 Å². The van der Waals surface area contributed by atoms with E-state index in [0.29, 0.717) is 0 Å². The van der Waals surface area contributed by atoms with Crippen LogP contribution in [-0.2, 0) is 0 Å². The minimum Gasteiger partial charge on any atom is -0.108 e. The number of aryl methyl sites for hydroxylation is 1. The molecule has 0 N–H and O–H groups in total. The summed E-state index contributed by atoms with van der Waals surface area (Å²) in [4.78, 5) is 0. The molecular formula is C46H40. The molecule has 0 radical (unpaired) electrons. The Kier molecular flexibility index (Phi) is 7.91. The van der Waals surface area contributed by atoms with Crippen LogP contribution in [0.5, 0.6) is 0 Å². The predicted octanol–water partition coefficient (Wildman–Crippen LogP) is 13.3. The Morgan fingerprint density at radius 3 is 2.28 bits per heavy atom. The number of rotatable bonds is 4. The van der Waals surface area contributed by atoms with Crippen LogP contribution < -0.4 is 0 Å². The Hall–Kier alpha value is -5.16. The van der Waals surface area contributed by atoms with Gasteiger partial charge >= 0.3 is 0 Å². The number of benzene rings is 6. The lowest BCUT2D eigenvalue weighted by Crippen LogP contribution is -2.04. The highest BCUT2D eigenvalue weighted by molar-refractivity contribution is 6.16. The summed E-state index contributed by atoms with van der Waals surface area (Å²) in [6, 6.07) is 37.8. The minimum atomic E-state index is 0.232. The first kappa shape index (κ1) is 29.5. The fourth-order valence-corrected chi connectivity index (χ4v) is 7.01. The maximum absolute atomic E-state index is 4.15. The Labute approximate surface area is 273 Å².